The number of carbonyl (C=O) groups is 2. The van der Waals surface area contributed by atoms with Crippen molar-refractivity contribution in [2.75, 3.05) is 30.8 Å². The predicted octanol–water partition coefficient (Wildman–Crippen LogP) is 5.33. The lowest BCUT2D eigenvalue weighted by Gasteiger charge is -2.36. The van der Waals surface area contributed by atoms with Crippen molar-refractivity contribution in [3.05, 3.63) is 46.7 Å². The smallest absolute Gasteiger partial charge is 0.390 e. The van der Waals surface area contributed by atoms with Gasteiger partial charge in [-0.15, -0.1) is 11.6 Å². The number of hydrogen-bond donors (Lipinski definition) is 2. The number of pyridine rings is 1. The molecular weight excluding hydrogens is 520 g/mol. The van der Waals surface area contributed by atoms with Crippen LogP contribution in [0.15, 0.2) is 35.3 Å². The van der Waals surface area contributed by atoms with E-state index in [0.717, 1.165) is 0 Å². The molecule has 0 bridgehead atoms. The van der Waals surface area contributed by atoms with Crippen molar-refractivity contribution >= 4 is 46.9 Å². The van der Waals surface area contributed by atoms with Crippen molar-refractivity contribution in [2.24, 2.45) is 10.4 Å². The van der Waals surface area contributed by atoms with E-state index in [2.05, 4.69) is 20.6 Å². The lowest BCUT2D eigenvalue weighted by molar-refractivity contribution is -0.115. The van der Waals surface area contributed by atoms with E-state index in [1.54, 1.807) is 23.1 Å². The van der Waals surface area contributed by atoms with Crippen molar-refractivity contribution < 1.29 is 18.7 Å². The summed E-state index contributed by atoms with van der Waals surface area (Å²) in [6.07, 6.45) is -0.668. The van der Waals surface area contributed by atoms with Gasteiger partial charge in [0.25, 0.3) is 5.91 Å². The fourth-order valence-electron chi connectivity index (χ4n) is 3.68. The van der Waals surface area contributed by atoms with Gasteiger partial charge in [-0.05, 0) is 37.5 Å². The molecule has 37 heavy (non-hydrogen) atoms. The minimum absolute atomic E-state index is 0.0637. The minimum atomic E-state index is -0.706. The summed E-state index contributed by atoms with van der Waals surface area (Å²) in [5.74, 6) is -1.68. The number of benzene rings is 1. The Morgan fingerprint density at radius 3 is 2.65 bits per heavy atom. The summed E-state index contributed by atoms with van der Waals surface area (Å²) < 4.78 is 20.3. The highest BCUT2D eigenvalue weighted by molar-refractivity contribution is 6.34. The second-order valence-electron chi connectivity index (χ2n) is 10.2. The number of nitrogens with one attached hydrogen (secondary N) is 2. The number of halogens is 3. The Kier molecular flexibility index (Phi) is 9.50. The number of piperazine rings is 1. The first-order valence-electron chi connectivity index (χ1n) is 12.0. The van der Waals surface area contributed by atoms with E-state index in [-0.39, 0.29) is 51.1 Å². The second kappa shape index (κ2) is 12.2. The number of alkyl halides is 1. The molecule has 11 heteroatoms. The number of aliphatic imine (C=N–C) groups is 1. The van der Waals surface area contributed by atoms with Crippen LogP contribution in [-0.4, -0.2) is 65.4 Å². The fraction of sp³-hybridized carbons (Fsp3) is 0.462. The molecule has 1 aromatic heterocycles. The first-order valence-corrected chi connectivity index (χ1v) is 12.9. The third-order valence-corrected chi connectivity index (χ3v) is 6.16. The number of carbonyl (C=O) groups excluding carboxylic acids is 2. The molecule has 3 rings (SSSR count). The predicted molar refractivity (Wildman–Crippen MR) is 145 cm³/mol. The molecule has 1 aliphatic heterocycles. The summed E-state index contributed by atoms with van der Waals surface area (Å²) >= 11 is 12.3. The van der Waals surface area contributed by atoms with Gasteiger partial charge in [0.2, 0.25) is 5.90 Å². The Morgan fingerprint density at radius 2 is 2.00 bits per heavy atom. The van der Waals surface area contributed by atoms with Crippen LogP contribution in [0, 0.1) is 11.2 Å². The van der Waals surface area contributed by atoms with Crippen molar-refractivity contribution in [2.45, 2.75) is 46.7 Å². The maximum Gasteiger partial charge on any atom is 0.416 e. The molecular formula is C26H32Cl2FN5O3. The van der Waals surface area contributed by atoms with Gasteiger partial charge in [0, 0.05) is 37.3 Å². The summed E-state index contributed by atoms with van der Waals surface area (Å²) in [5.41, 5.74) is 0.410. The van der Waals surface area contributed by atoms with Crippen LogP contribution in [0.25, 0.3) is 11.3 Å². The molecule has 1 fully saturated rings. The van der Waals surface area contributed by atoms with E-state index >= 15 is 0 Å². The molecule has 200 valence electrons. The molecule has 2 aromatic rings. The molecule has 1 aliphatic rings. The topological polar surface area (TPSA) is 95.9 Å². The van der Waals surface area contributed by atoms with Crippen LogP contribution in [-0.2, 0) is 9.53 Å². The molecule has 2 atom stereocenters. The first kappa shape index (κ1) is 28.8. The van der Waals surface area contributed by atoms with Crippen LogP contribution in [0.5, 0.6) is 0 Å². The van der Waals surface area contributed by atoms with Crippen LogP contribution in [0.2, 0.25) is 5.02 Å². The molecule has 8 nitrogen and oxygen atoms in total. The highest BCUT2D eigenvalue weighted by atomic mass is 35.5. The molecule has 1 aromatic carbocycles. The van der Waals surface area contributed by atoms with Gasteiger partial charge in [0.05, 0.1) is 16.3 Å². The van der Waals surface area contributed by atoms with E-state index in [1.807, 2.05) is 34.6 Å². The van der Waals surface area contributed by atoms with Gasteiger partial charge in [-0.25, -0.2) is 14.2 Å². The van der Waals surface area contributed by atoms with Gasteiger partial charge in [-0.1, -0.05) is 44.5 Å². The molecule has 2 unspecified atom stereocenters. The number of anilines is 1. The van der Waals surface area contributed by atoms with E-state index in [1.165, 1.54) is 12.1 Å². The summed E-state index contributed by atoms with van der Waals surface area (Å²) in [7, 11) is 0. The number of amides is 2. The van der Waals surface area contributed by atoms with Crippen molar-refractivity contribution in [3.8, 4) is 11.3 Å². The first-order chi connectivity index (χ1) is 17.4. The molecule has 0 radical (unpaired) electrons. The van der Waals surface area contributed by atoms with E-state index in [9.17, 15) is 14.0 Å². The zero-order valence-corrected chi connectivity index (χ0v) is 23.1. The summed E-state index contributed by atoms with van der Waals surface area (Å²) in [6.45, 7) is 11.4. The average Bonchev–Trinajstić information content (AvgIpc) is 2.84. The van der Waals surface area contributed by atoms with Crippen LogP contribution in [0.1, 0.15) is 40.2 Å². The van der Waals surface area contributed by atoms with Crippen molar-refractivity contribution in [1.82, 2.24) is 15.2 Å². The van der Waals surface area contributed by atoms with Crippen LogP contribution in [0.3, 0.4) is 0 Å². The van der Waals surface area contributed by atoms with E-state index in [4.69, 9.17) is 27.9 Å². The summed E-state index contributed by atoms with van der Waals surface area (Å²) in [5, 5.41) is 6.61. The third-order valence-electron chi connectivity index (χ3n) is 5.64. The normalized spacial score (nSPS) is 18.5. The number of nitrogens with zero attached hydrogens (tertiary/aromatic N) is 3. The van der Waals surface area contributed by atoms with E-state index in [0.29, 0.717) is 19.6 Å². The molecule has 0 spiro atoms. The quantitative estimate of drug-likeness (QED) is 0.296. The van der Waals surface area contributed by atoms with Crippen LogP contribution < -0.4 is 10.6 Å². The zero-order chi connectivity index (χ0) is 27.3. The Hall–Kier alpha value is -2.75. The Morgan fingerprint density at radius 1 is 1.30 bits per heavy atom. The fourth-order valence-corrected chi connectivity index (χ4v) is 3.99. The van der Waals surface area contributed by atoms with Crippen molar-refractivity contribution in [1.29, 1.82) is 0 Å². The van der Waals surface area contributed by atoms with Gasteiger partial charge in [-0.2, -0.15) is 4.99 Å². The largest absolute Gasteiger partial charge is 0.416 e. The van der Waals surface area contributed by atoms with Gasteiger partial charge >= 0.3 is 6.09 Å². The molecule has 2 amide bonds. The number of hydrogen-bond acceptors (Lipinski definition) is 6. The molecule has 0 saturated carbocycles. The maximum atomic E-state index is 14.6. The Balaban J connectivity index is 2.10. The monoisotopic (exact) mass is 551 g/mol. The highest BCUT2D eigenvalue weighted by Gasteiger charge is 2.30. The summed E-state index contributed by atoms with van der Waals surface area (Å²) in [4.78, 5) is 35.5. The standard InChI is InChI=1S/C26H32Cl2FN5O3/c1-15-13-34(16(2)12-30-15)25(36)37-24(32-21(35)11-27)18-10-19(28)22(17-8-6-7-9-20(17)29)33-23(18)31-14-26(3,4)5/h6-10,15-16,30H,11-14H2,1-5H3,(H,31,33). The average molecular weight is 552 g/mol. The third kappa shape index (κ3) is 7.63. The minimum Gasteiger partial charge on any atom is -0.390 e. The van der Waals surface area contributed by atoms with Gasteiger partial charge in [-0.3, -0.25) is 4.79 Å². The molecule has 2 N–H and O–H groups in total. The highest BCUT2D eigenvalue weighted by Crippen LogP contribution is 2.33. The molecule has 2 heterocycles. The van der Waals surface area contributed by atoms with Crippen LogP contribution in [0.4, 0.5) is 15.0 Å². The van der Waals surface area contributed by atoms with Gasteiger partial charge < -0.3 is 20.3 Å². The van der Waals surface area contributed by atoms with E-state index < -0.39 is 23.7 Å². The zero-order valence-electron chi connectivity index (χ0n) is 21.6. The molecule has 1 saturated heterocycles. The lowest BCUT2D eigenvalue weighted by Crippen LogP contribution is -2.56. The lowest BCUT2D eigenvalue weighted by atomic mass is 9.97. The van der Waals surface area contributed by atoms with Crippen LogP contribution >= 0.6 is 23.2 Å². The van der Waals surface area contributed by atoms with Gasteiger partial charge in [0.1, 0.15) is 17.5 Å². The Bertz CT molecular complexity index is 1190. The summed E-state index contributed by atoms with van der Waals surface area (Å²) in [6, 6.07) is 7.50. The molecule has 0 aliphatic carbocycles. The Labute approximate surface area is 226 Å². The SMILES string of the molecule is CC1CN(C(=O)OC(=NC(=O)CCl)c2cc(Cl)c(-c3ccccc3F)nc2NCC(C)(C)C)C(C)CN1. The maximum absolute atomic E-state index is 14.6. The second-order valence-corrected chi connectivity index (χ2v) is 10.9. The van der Waals surface area contributed by atoms with Crippen molar-refractivity contribution in [3.63, 3.8) is 0 Å². The number of aromatic nitrogens is 1. The van der Waals surface area contributed by atoms with Gasteiger partial charge in [0.15, 0.2) is 0 Å². The number of rotatable bonds is 5. The number of ether oxygens (including phenoxy) is 1.